The predicted molar refractivity (Wildman–Crippen MR) is 46.9 cm³/mol. The molecule has 0 spiro atoms. The Kier molecular flexibility index (Phi) is 2.20. The van der Waals surface area contributed by atoms with E-state index in [-0.39, 0.29) is 0 Å². The molecule has 2 N–H and O–H groups in total. The summed E-state index contributed by atoms with van der Waals surface area (Å²) in [5.74, 6) is 0.553. The number of nitriles is 1. The maximum absolute atomic E-state index is 8.68. The van der Waals surface area contributed by atoms with Crippen molar-refractivity contribution in [2.45, 2.75) is 6.92 Å². The molecule has 0 saturated carbocycles. The van der Waals surface area contributed by atoms with E-state index in [1.807, 2.05) is 6.92 Å². The van der Waals surface area contributed by atoms with Gasteiger partial charge in [-0.15, -0.1) is 0 Å². The molecule has 0 radical (unpaired) electrons. The average Bonchev–Trinajstić information content (AvgIpc) is 2.05. The van der Waals surface area contributed by atoms with Gasteiger partial charge in [-0.1, -0.05) is 0 Å². The van der Waals surface area contributed by atoms with Gasteiger partial charge in [-0.2, -0.15) is 5.26 Å². The van der Waals surface area contributed by atoms with Crippen LogP contribution < -0.4 is 10.5 Å². The van der Waals surface area contributed by atoms with E-state index in [1.54, 1.807) is 12.1 Å². The smallest absolute Gasteiger partial charge is 0.143 e. The van der Waals surface area contributed by atoms with Crippen LogP contribution in [0.2, 0.25) is 0 Å². The molecular weight excluding hydrogens is 152 g/mol. The topological polar surface area (TPSA) is 59.0 Å². The Balaban J connectivity index is 3.30. The zero-order valence-corrected chi connectivity index (χ0v) is 7.09. The minimum atomic E-state index is 0.553. The molecule has 0 saturated heterocycles. The molecule has 0 unspecified atom stereocenters. The third-order valence-electron chi connectivity index (χ3n) is 1.70. The number of nitrogens with two attached hydrogens (primary N) is 1. The van der Waals surface area contributed by atoms with E-state index in [9.17, 15) is 0 Å². The van der Waals surface area contributed by atoms with Crippen molar-refractivity contribution in [2.24, 2.45) is 0 Å². The molecule has 0 aliphatic heterocycles. The quantitative estimate of drug-likeness (QED) is 0.636. The van der Waals surface area contributed by atoms with Crippen LogP contribution in [0.5, 0.6) is 5.75 Å². The number of aryl methyl sites for hydroxylation is 1. The number of rotatable bonds is 1. The molecular formula is C9H10N2O. The predicted octanol–water partition coefficient (Wildman–Crippen LogP) is 1.46. The highest BCUT2D eigenvalue weighted by Gasteiger charge is 2.03. The van der Waals surface area contributed by atoms with Crippen LogP contribution in [0.25, 0.3) is 0 Å². The maximum atomic E-state index is 8.68. The van der Waals surface area contributed by atoms with Gasteiger partial charge in [0.25, 0.3) is 0 Å². The van der Waals surface area contributed by atoms with Gasteiger partial charge in [-0.25, -0.2) is 0 Å². The van der Waals surface area contributed by atoms with Crippen molar-refractivity contribution in [1.82, 2.24) is 0 Å². The molecule has 0 amide bonds. The summed E-state index contributed by atoms with van der Waals surface area (Å²) in [6.07, 6.45) is 0. The first-order valence-electron chi connectivity index (χ1n) is 3.53. The second-order valence-electron chi connectivity index (χ2n) is 2.52. The first kappa shape index (κ1) is 8.41. The highest BCUT2D eigenvalue weighted by molar-refractivity contribution is 5.59. The minimum absolute atomic E-state index is 0.553. The minimum Gasteiger partial charge on any atom is -0.495 e. The van der Waals surface area contributed by atoms with Crippen LogP contribution in [-0.2, 0) is 0 Å². The van der Waals surface area contributed by atoms with Crippen molar-refractivity contribution in [1.29, 1.82) is 5.26 Å². The van der Waals surface area contributed by atoms with Crippen LogP contribution in [0.15, 0.2) is 12.1 Å². The Morgan fingerprint density at radius 2 is 2.17 bits per heavy atom. The summed E-state index contributed by atoms with van der Waals surface area (Å²) in [6, 6.07) is 5.44. The van der Waals surface area contributed by atoms with E-state index in [4.69, 9.17) is 15.7 Å². The Morgan fingerprint density at radius 3 is 2.67 bits per heavy atom. The fourth-order valence-corrected chi connectivity index (χ4v) is 1.01. The number of ether oxygens (including phenoxy) is 1. The van der Waals surface area contributed by atoms with E-state index < -0.39 is 0 Å². The molecule has 1 rings (SSSR count). The summed E-state index contributed by atoms with van der Waals surface area (Å²) >= 11 is 0. The van der Waals surface area contributed by atoms with Crippen molar-refractivity contribution in [3.05, 3.63) is 23.3 Å². The average molecular weight is 162 g/mol. The van der Waals surface area contributed by atoms with Crippen LogP contribution in [0, 0.1) is 18.3 Å². The van der Waals surface area contributed by atoms with Crippen molar-refractivity contribution >= 4 is 5.69 Å². The standard InChI is InChI=1S/C9H10N2O/c1-6-3-8(11)9(12-2)4-7(6)5-10/h3-4H,11H2,1-2H3. The number of hydrogen-bond donors (Lipinski definition) is 1. The van der Waals surface area contributed by atoms with E-state index in [0.717, 1.165) is 5.56 Å². The Labute approximate surface area is 71.4 Å². The Hall–Kier alpha value is -1.69. The molecule has 0 heterocycles. The highest BCUT2D eigenvalue weighted by atomic mass is 16.5. The van der Waals surface area contributed by atoms with Crippen LogP contribution in [0.3, 0.4) is 0 Å². The third-order valence-corrected chi connectivity index (χ3v) is 1.70. The van der Waals surface area contributed by atoms with Crippen LogP contribution in [0.1, 0.15) is 11.1 Å². The molecule has 12 heavy (non-hydrogen) atoms. The summed E-state index contributed by atoms with van der Waals surface area (Å²) in [7, 11) is 1.53. The summed E-state index contributed by atoms with van der Waals surface area (Å²) < 4.78 is 4.97. The number of nitrogens with zero attached hydrogens (tertiary/aromatic N) is 1. The number of hydrogen-bond acceptors (Lipinski definition) is 3. The van der Waals surface area contributed by atoms with Crippen molar-refractivity contribution in [3.8, 4) is 11.8 Å². The van der Waals surface area contributed by atoms with E-state index >= 15 is 0 Å². The molecule has 1 aromatic carbocycles. The van der Waals surface area contributed by atoms with Crippen molar-refractivity contribution in [3.63, 3.8) is 0 Å². The SMILES string of the molecule is COc1cc(C#N)c(C)cc1N. The molecule has 0 fully saturated rings. The second kappa shape index (κ2) is 3.14. The second-order valence-corrected chi connectivity index (χ2v) is 2.52. The number of methoxy groups -OCH3 is 1. The molecule has 0 atom stereocenters. The lowest BCUT2D eigenvalue weighted by atomic mass is 10.1. The molecule has 0 bridgehead atoms. The van der Waals surface area contributed by atoms with E-state index in [2.05, 4.69) is 6.07 Å². The molecule has 3 nitrogen and oxygen atoms in total. The molecule has 1 aromatic rings. The molecule has 0 aromatic heterocycles. The van der Waals surface area contributed by atoms with Crippen molar-refractivity contribution < 1.29 is 4.74 Å². The first-order chi connectivity index (χ1) is 5.69. The number of anilines is 1. The van der Waals surface area contributed by atoms with E-state index in [1.165, 1.54) is 7.11 Å². The van der Waals surface area contributed by atoms with E-state index in [0.29, 0.717) is 17.0 Å². The molecule has 0 aliphatic carbocycles. The summed E-state index contributed by atoms with van der Waals surface area (Å²) in [5.41, 5.74) is 7.65. The zero-order valence-electron chi connectivity index (χ0n) is 7.09. The number of benzene rings is 1. The third kappa shape index (κ3) is 1.32. The van der Waals surface area contributed by atoms with Gasteiger partial charge in [0.05, 0.1) is 24.4 Å². The highest BCUT2D eigenvalue weighted by Crippen LogP contribution is 2.24. The number of nitrogen functional groups attached to an aromatic ring is 1. The van der Waals surface area contributed by atoms with Crippen molar-refractivity contribution in [2.75, 3.05) is 12.8 Å². The lowest BCUT2D eigenvalue weighted by Crippen LogP contribution is -1.94. The maximum Gasteiger partial charge on any atom is 0.143 e. The molecule has 0 aliphatic rings. The fourth-order valence-electron chi connectivity index (χ4n) is 1.01. The fraction of sp³-hybridized carbons (Fsp3) is 0.222. The summed E-state index contributed by atoms with van der Waals surface area (Å²) in [5, 5.41) is 8.68. The largest absolute Gasteiger partial charge is 0.495 e. The lowest BCUT2D eigenvalue weighted by molar-refractivity contribution is 0.417. The monoisotopic (exact) mass is 162 g/mol. The van der Waals surface area contributed by atoms with Gasteiger partial charge < -0.3 is 10.5 Å². The Bertz CT molecular complexity index is 339. The van der Waals surface area contributed by atoms with Gasteiger partial charge in [0.2, 0.25) is 0 Å². The zero-order chi connectivity index (χ0) is 9.14. The normalized spacial score (nSPS) is 9.08. The van der Waals surface area contributed by atoms with Gasteiger partial charge >= 0.3 is 0 Å². The molecule has 3 heteroatoms. The van der Waals surface area contributed by atoms with Gasteiger partial charge in [-0.05, 0) is 18.6 Å². The summed E-state index contributed by atoms with van der Waals surface area (Å²) in [6.45, 7) is 1.84. The van der Waals surface area contributed by atoms with Crippen LogP contribution in [-0.4, -0.2) is 7.11 Å². The van der Waals surface area contributed by atoms with Gasteiger partial charge in [0.1, 0.15) is 5.75 Å². The lowest BCUT2D eigenvalue weighted by Gasteiger charge is -2.05. The molecule has 62 valence electrons. The first-order valence-corrected chi connectivity index (χ1v) is 3.53. The van der Waals surface area contributed by atoms with Gasteiger partial charge in [0, 0.05) is 6.07 Å². The van der Waals surface area contributed by atoms with Gasteiger partial charge in [0.15, 0.2) is 0 Å². The summed E-state index contributed by atoms with van der Waals surface area (Å²) in [4.78, 5) is 0. The van der Waals surface area contributed by atoms with Gasteiger partial charge in [-0.3, -0.25) is 0 Å². The van der Waals surface area contributed by atoms with Crippen LogP contribution >= 0.6 is 0 Å². The van der Waals surface area contributed by atoms with Crippen LogP contribution in [0.4, 0.5) is 5.69 Å². The Morgan fingerprint density at radius 1 is 1.50 bits per heavy atom.